The van der Waals surface area contributed by atoms with Crippen molar-refractivity contribution in [3.8, 4) is 17.2 Å². The first-order chi connectivity index (χ1) is 16.7. The van der Waals surface area contributed by atoms with E-state index in [0.29, 0.717) is 34.9 Å². The Morgan fingerprint density at radius 1 is 1.09 bits per heavy atom. The lowest BCUT2D eigenvalue weighted by Crippen LogP contribution is -2.33. The highest BCUT2D eigenvalue weighted by Crippen LogP contribution is 2.36. The van der Waals surface area contributed by atoms with E-state index in [1.807, 2.05) is 36.4 Å². The van der Waals surface area contributed by atoms with E-state index >= 15 is 0 Å². The van der Waals surface area contributed by atoms with Crippen LogP contribution in [-0.4, -0.2) is 57.1 Å². The van der Waals surface area contributed by atoms with E-state index in [2.05, 4.69) is 25.4 Å². The second-order valence-electron chi connectivity index (χ2n) is 8.53. The van der Waals surface area contributed by atoms with Gasteiger partial charge < -0.3 is 19.2 Å². The van der Waals surface area contributed by atoms with E-state index in [-0.39, 0.29) is 18.4 Å². The molecular formula is C24H24N6O4. The quantitative estimate of drug-likeness (QED) is 0.468. The summed E-state index contributed by atoms with van der Waals surface area (Å²) >= 11 is 0. The van der Waals surface area contributed by atoms with Crippen LogP contribution in [0.1, 0.15) is 35.8 Å². The molecule has 1 saturated heterocycles. The van der Waals surface area contributed by atoms with Crippen molar-refractivity contribution in [2.75, 3.05) is 27.0 Å². The number of tetrazole rings is 1. The Kier molecular flexibility index (Phi) is 5.14. The number of pyridine rings is 1. The predicted octanol–water partition coefficient (Wildman–Crippen LogP) is 2.49. The van der Waals surface area contributed by atoms with Crippen molar-refractivity contribution in [1.82, 2.24) is 30.1 Å². The average molecular weight is 460 g/mol. The monoisotopic (exact) mass is 460 g/mol. The van der Waals surface area contributed by atoms with E-state index in [1.165, 1.54) is 0 Å². The zero-order valence-electron chi connectivity index (χ0n) is 18.7. The second-order valence-corrected chi connectivity index (χ2v) is 8.53. The van der Waals surface area contributed by atoms with E-state index in [1.54, 1.807) is 17.9 Å². The molecule has 174 valence electrons. The largest absolute Gasteiger partial charge is 0.497 e. The number of methoxy groups -OCH3 is 1. The predicted molar refractivity (Wildman–Crippen MR) is 123 cm³/mol. The molecule has 1 atom stereocenters. The highest BCUT2D eigenvalue weighted by molar-refractivity contribution is 5.83. The molecule has 0 spiro atoms. The first-order valence-corrected chi connectivity index (χ1v) is 11.3. The van der Waals surface area contributed by atoms with Gasteiger partial charge in [-0.15, -0.1) is 5.10 Å². The van der Waals surface area contributed by atoms with Crippen molar-refractivity contribution >= 4 is 10.9 Å². The fourth-order valence-corrected chi connectivity index (χ4v) is 4.74. The van der Waals surface area contributed by atoms with Crippen LogP contribution in [0.25, 0.3) is 10.9 Å². The van der Waals surface area contributed by atoms with Crippen molar-refractivity contribution in [2.45, 2.75) is 25.4 Å². The molecule has 2 aromatic heterocycles. The number of fused-ring (bicyclic) bond motifs is 2. The molecule has 4 heterocycles. The number of H-pyrrole nitrogens is 1. The Balaban J connectivity index is 1.43. The molecule has 0 saturated carbocycles. The Hall–Kier alpha value is -3.92. The van der Waals surface area contributed by atoms with Crippen LogP contribution in [0.4, 0.5) is 0 Å². The van der Waals surface area contributed by atoms with Gasteiger partial charge in [0.2, 0.25) is 6.79 Å². The van der Waals surface area contributed by atoms with Gasteiger partial charge in [-0.1, -0.05) is 12.1 Å². The Morgan fingerprint density at radius 2 is 1.85 bits per heavy atom. The van der Waals surface area contributed by atoms with Crippen LogP contribution in [-0.2, 0) is 6.54 Å². The molecular weight excluding hydrogens is 436 g/mol. The summed E-state index contributed by atoms with van der Waals surface area (Å²) in [6, 6.07) is 13.1. The summed E-state index contributed by atoms with van der Waals surface area (Å²) in [4.78, 5) is 18.6. The smallest absolute Gasteiger partial charge is 0.253 e. The summed E-state index contributed by atoms with van der Waals surface area (Å²) in [7, 11) is 1.64. The standard InChI is InChI=1S/C24H24N6O4/c1-32-17-6-4-15(5-7-17)13-30-23(26-27-28-30)22(29-8-2-3-9-29)18-10-16-11-20-21(34-14-33-20)12-19(16)25-24(18)31/h4-7,10-12,22H,2-3,8-9,13-14H2,1H3,(H,25,31)/t22-/m1/s1. The van der Waals surface area contributed by atoms with Crippen LogP contribution >= 0.6 is 0 Å². The lowest BCUT2D eigenvalue weighted by Gasteiger charge is -2.26. The highest BCUT2D eigenvalue weighted by atomic mass is 16.7. The minimum absolute atomic E-state index is 0.165. The molecule has 1 N–H and O–H groups in total. The maximum atomic E-state index is 13.3. The van der Waals surface area contributed by atoms with E-state index < -0.39 is 0 Å². The number of benzene rings is 2. The van der Waals surface area contributed by atoms with Crippen LogP contribution in [0.15, 0.2) is 47.3 Å². The van der Waals surface area contributed by atoms with Gasteiger partial charge in [0.1, 0.15) is 11.8 Å². The number of hydrogen-bond donors (Lipinski definition) is 1. The number of likely N-dealkylation sites (tertiary alicyclic amines) is 1. The van der Waals surface area contributed by atoms with Crippen molar-refractivity contribution < 1.29 is 14.2 Å². The molecule has 0 bridgehead atoms. The minimum atomic E-state index is -0.366. The van der Waals surface area contributed by atoms with E-state index in [9.17, 15) is 4.79 Å². The number of hydrogen-bond acceptors (Lipinski definition) is 8. The Bertz CT molecular complexity index is 1390. The number of nitrogens with zero attached hydrogens (tertiary/aromatic N) is 5. The number of rotatable bonds is 6. The second kappa shape index (κ2) is 8.45. The minimum Gasteiger partial charge on any atom is -0.497 e. The van der Waals surface area contributed by atoms with Crippen molar-refractivity contribution in [3.05, 3.63) is 69.8 Å². The maximum absolute atomic E-state index is 13.3. The Morgan fingerprint density at radius 3 is 2.62 bits per heavy atom. The average Bonchev–Trinajstić information content (AvgIpc) is 3.62. The zero-order chi connectivity index (χ0) is 23.1. The van der Waals surface area contributed by atoms with Crippen LogP contribution < -0.4 is 19.8 Å². The third-order valence-corrected chi connectivity index (χ3v) is 6.46. The lowest BCUT2D eigenvalue weighted by molar-refractivity contribution is 0.174. The van der Waals surface area contributed by atoms with Crippen LogP contribution in [0.2, 0.25) is 0 Å². The molecule has 2 aromatic carbocycles. The molecule has 0 radical (unpaired) electrons. The van der Waals surface area contributed by atoms with Gasteiger partial charge in [-0.25, -0.2) is 4.68 Å². The van der Waals surface area contributed by atoms with Gasteiger partial charge in [0.25, 0.3) is 5.56 Å². The number of aromatic nitrogens is 5. The van der Waals surface area contributed by atoms with Crippen LogP contribution in [0.3, 0.4) is 0 Å². The van der Waals surface area contributed by atoms with Gasteiger partial charge >= 0.3 is 0 Å². The first kappa shape index (κ1) is 20.7. The summed E-state index contributed by atoms with van der Waals surface area (Å²) in [5.41, 5.74) is 2.19. The molecule has 2 aliphatic heterocycles. The topological polar surface area (TPSA) is 107 Å². The molecule has 10 nitrogen and oxygen atoms in total. The zero-order valence-corrected chi connectivity index (χ0v) is 18.7. The first-order valence-electron chi connectivity index (χ1n) is 11.3. The highest BCUT2D eigenvalue weighted by Gasteiger charge is 2.32. The molecule has 4 aromatic rings. The molecule has 10 heteroatoms. The fourth-order valence-electron chi connectivity index (χ4n) is 4.74. The molecule has 6 rings (SSSR count). The van der Waals surface area contributed by atoms with Crippen LogP contribution in [0.5, 0.6) is 17.2 Å². The SMILES string of the molecule is COc1ccc(Cn2nnnc2[C@@H](c2cc3cc4c(cc3[nH]c2=O)OCO4)N2CCCC2)cc1. The third-order valence-electron chi connectivity index (χ3n) is 6.46. The van der Waals surface area contributed by atoms with Gasteiger partial charge in [-0.2, -0.15) is 0 Å². The van der Waals surface area contributed by atoms with Crippen molar-refractivity contribution in [2.24, 2.45) is 0 Å². The van der Waals surface area contributed by atoms with Gasteiger partial charge in [0.05, 0.1) is 19.2 Å². The van der Waals surface area contributed by atoms with E-state index in [4.69, 9.17) is 14.2 Å². The molecule has 0 aliphatic carbocycles. The molecule has 0 amide bonds. The third kappa shape index (κ3) is 3.65. The number of ether oxygens (including phenoxy) is 3. The normalized spacial score (nSPS) is 16.3. The maximum Gasteiger partial charge on any atom is 0.253 e. The van der Waals surface area contributed by atoms with E-state index in [0.717, 1.165) is 42.6 Å². The molecule has 0 unspecified atom stereocenters. The van der Waals surface area contributed by atoms with Gasteiger partial charge in [0.15, 0.2) is 17.3 Å². The summed E-state index contributed by atoms with van der Waals surface area (Å²) < 4.78 is 18.0. The fraction of sp³-hybridized carbons (Fsp3) is 0.333. The van der Waals surface area contributed by atoms with Gasteiger partial charge in [-0.3, -0.25) is 9.69 Å². The summed E-state index contributed by atoms with van der Waals surface area (Å²) in [6.45, 7) is 2.41. The van der Waals surface area contributed by atoms with Crippen LogP contribution in [0, 0.1) is 0 Å². The van der Waals surface area contributed by atoms with Gasteiger partial charge in [-0.05, 0) is 66.2 Å². The number of aromatic amines is 1. The van der Waals surface area contributed by atoms with Gasteiger partial charge in [0, 0.05) is 17.0 Å². The summed E-state index contributed by atoms with van der Waals surface area (Å²) in [5, 5.41) is 13.5. The summed E-state index contributed by atoms with van der Waals surface area (Å²) in [6.07, 6.45) is 2.14. The Labute approximate surface area is 195 Å². The molecule has 2 aliphatic rings. The molecule has 34 heavy (non-hydrogen) atoms. The van der Waals surface area contributed by atoms with Crippen molar-refractivity contribution in [1.29, 1.82) is 0 Å². The summed E-state index contributed by atoms with van der Waals surface area (Å²) in [5.74, 6) is 2.74. The van der Waals surface area contributed by atoms with Crippen molar-refractivity contribution in [3.63, 3.8) is 0 Å². The molecule has 1 fully saturated rings. The number of nitrogens with one attached hydrogen (secondary N) is 1. The lowest BCUT2D eigenvalue weighted by atomic mass is 10.0.